The predicted molar refractivity (Wildman–Crippen MR) is 137 cm³/mol. The second-order valence-electron chi connectivity index (χ2n) is 9.46. The number of ether oxygens (including phenoxy) is 2. The van der Waals surface area contributed by atoms with E-state index < -0.39 is 12.8 Å². The van der Waals surface area contributed by atoms with Gasteiger partial charge in [-0.05, 0) is 49.2 Å². The summed E-state index contributed by atoms with van der Waals surface area (Å²) in [6.45, 7) is 6.99. The first-order valence-electron chi connectivity index (χ1n) is 12.4. The van der Waals surface area contributed by atoms with Crippen molar-refractivity contribution in [3.63, 3.8) is 0 Å². The number of halogens is 3. The van der Waals surface area contributed by atoms with Crippen LogP contribution in [0, 0.1) is 0 Å². The quantitative estimate of drug-likeness (QED) is 0.422. The van der Waals surface area contributed by atoms with Crippen LogP contribution in [-0.4, -0.2) is 78.4 Å². The number of rotatable bonds is 9. The lowest BCUT2D eigenvalue weighted by Crippen LogP contribution is -2.50. The van der Waals surface area contributed by atoms with E-state index in [9.17, 15) is 18.0 Å². The predicted octanol–water partition coefficient (Wildman–Crippen LogP) is 4.45. The molecule has 1 aliphatic heterocycles. The monoisotopic (exact) mass is 518 g/mol. The van der Waals surface area contributed by atoms with Crippen LogP contribution in [0.15, 0.2) is 48.7 Å². The van der Waals surface area contributed by atoms with Crippen molar-refractivity contribution in [1.29, 1.82) is 0 Å². The van der Waals surface area contributed by atoms with Crippen LogP contribution in [0.2, 0.25) is 0 Å². The maximum Gasteiger partial charge on any atom is 0.422 e. The van der Waals surface area contributed by atoms with Crippen LogP contribution < -0.4 is 15.2 Å². The average Bonchev–Trinajstić information content (AvgIpc) is 3.28. The lowest BCUT2D eigenvalue weighted by atomic mass is 10.0. The molecule has 0 radical (unpaired) electrons. The third-order valence-corrected chi connectivity index (χ3v) is 6.68. The van der Waals surface area contributed by atoms with Gasteiger partial charge in [0.15, 0.2) is 18.1 Å². The van der Waals surface area contributed by atoms with Gasteiger partial charge in [0.25, 0.3) is 0 Å². The molecule has 0 spiro atoms. The Morgan fingerprint density at radius 3 is 2.38 bits per heavy atom. The van der Waals surface area contributed by atoms with Crippen LogP contribution in [-0.2, 0) is 6.42 Å². The molecule has 7 nitrogen and oxygen atoms in total. The van der Waals surface area contributed by atoms with Gasteiger partial charge in [-0.25, -0.2) is 0 Å². The Hall–Kier alpha value is -3.24. The standard InChI is InChI=1S/C27H33F3N4O3/c1-19(15-21-16-22-7-8-34(20(2)35)26(22)23(31)17-21)33-11-9-32(10-12-33)13-14-36-24-5-3-4-6-25(24)37-18-27(28,29)30/h3-8,16-17,19H,9-15,18,31H2,1-2H3. The highest BCUT2D eigenvalue weighted by atomic mass is 19.4. The van der Waals surface area contributed by atoms with E-state index in [1.54, 1.807) is 29.0 Å². The number of hydrogen-bond acceptors (Lipinski definition) is 6. The van der Waals surface area contributed by atoms with Crippen molar-refractivity contribution in [1.82, 2.24) is 14.4 Å². The van der Waals surface area contributed by atoms with Crippen molar-refractivity contribution in [2.45, 2.75) is 32.5 Å². The van der Waals surface area contributed by atoms with Gasteiger partial charge in [-0.2, -0.15) is 13.2 Å². The first-order valence-corrected chi connectivity index (χ1v) is 12.4. The molecule has 2 aromatic carbocycles. The molecule has 1 fully saturated rings. The molecule has 1 unspecified atom stereocenters. The number of para-hydroxylation sites is 2. The lowest BCUT2D eigenvalue weighted by Gasteiger charge is -2.38. The molecule has 10 heteroatoms. The van der Waals surface area contributed by atoms with Gasteiger partial charge in [-0.15, -0.1) is 0 Å². The van der Waals surface area contributed by atoms with Crippen LogP contribution in [0.1, 0.15) is 24.2 Å². The molecular formula is C27H33F3N4O3. The van der Waals surface area contributed by atoms with E-state index in [0.717, 1.165) is 49.1 Å². The summed E-state index contributed by atoms with van der Waals surface area (Å²) in [4.78, 5) is 16.6. The molecule has 1 saturated heterocycles. The minimum absolute atomic E-state index is 0.0647. The van der Waals surface area contributed by atoms with Gasteiger partial charge in [-0.1, -0.05) is 12.1 Å². The Morgan fingerprint density at radius 1 is 1.05 bits per heavy atom. The van der Waals surface area contributed by atoms with E-state index in [-0.39, 0.29) is 11.7 Å². The maximum absolute atomic E-state index is 12.5. The minimum Gasteiger partial charge on any atom is -0.488 e. The summed E-state index contributed by atoms with van der Waals surface area (Å²) in [5.41, 5.74) is 8.79. The Balaban J connectivity index is 1.24. The van der Waals surface area contributed by atoms with Crippen LogP contribution in [0.4, 0.5) is 18.9 Å². The molecule has 4 rings (SSSR count). The summed E-state index contributed by atoms with van der Waals surface area (Å²) < 4.78 is 49.7. The second kappa shape index (κ2) is 11.4. The third kappa shape index (κ3) is 6.95. The number of aromatic nitrogens is 1. The molecule has 0 bridgehead atoms. The number of benzene rings is 2. The fourth-order valence-electron chi connectivity index (χ4n) is 4.79. The molecule has 1 aromatic heterocycles. The summed E-state index contributed by atoms with van der Waals surface area (Å²) in [5.74, 6) is 0.342. The summed E-state index contributed by atoms with van der Waals surface area (Å²) in [7, 11) is 0. The molecule has 37 heavy (non-hydrogen) atoms. The SMILES string of the molecule is CC(=O)n1ccc2cc(CC(C)N3CCN(CCOc4ccccc4OCC(F)(F)F)CC3)cc(N)c21. The molecule has 0 amide bonds. The van der Waals surface area contributed by atoms with E-state index in [1.807, 2.05) is 12.1 Å². The minimum atomic E-state index is -4.40. The van der Waals surface area contributed by atoms with Crippen molar-refractivity contribution >= 4 is 22.5 Å². The fraction of sp³-hybridized carbons (Fsp3) is 0.444. The largest absolute Gasteiger partial charge is 0.488 e. The number of nitrogens with two attached hydrogens (primary N) is 1. The topological polar surface area (TPSA) is 73.0 Å². The smallest absolute Gasteiger partial charge is 0.422 e. The first-order chi connectivity index (χ1) is 17.6. The van der Waals surface area contributed by atoms with E-state index in [0.29, 0.717) is 30.6 Å². The van der Waals surface area contributed by atoms with Gasteiger partial charge in [0, 0.05) is 57.3 Å². The van der Waals surface area contributed by atoms with Gasteiger partial charge < -0.3 is 15.2 Å². The van der Waals surface area contributed by atoms with E-state index in [1.165, 1.54) is 13.0 Å². The number of carbonyl (C=O) groups excluding carboxylic acids is 1. The van der Waals surface area contributed by atoms with Crippen molar-refractivity contribution in [3.05, 3.63) is 54.2 Å². The summed E-state index contributed by atoms with van der Waals surface area (Å²) in [6, 6.07) is 12.7. The highest BCUT2D eigenvalue weighted by molar-refractivity contribution is 5.98. The second-order valence-corrected chi connectivity index (χ2v) is 9.46. The molecule has 2 N–H and O–H groups in total. The number of alkyl halides is 3. The zero-order valence-electron chi connectivity index (χ0n) is 21.1. The number of piperazine rings is 1. The Kier molecular flexibility index (Phi) is 8.29. The van der Waals surface area contributed by atoms with Gasteiger partial charge >= 0.3 is 6.18 Å². The molecule has 0 aliphatic carbocycles. The molecular weight excluding hydrogens is 485 g/mol. The first kappa shape index (κ1) is 26.8. The molecule has 1 atom stereocenters. The average molecular weight is 519 g/mol. The van der Waals surface area contributed by atoms with Gasteiger partial charge in [0.1, 0.15) is 6.61 Å². The molecule has 200 valence electrons. The molecule has 3 aromatic rings. The normalized spacial score (nSPS) is 16.1. The maximum atomic E-state index is 12.5. The third-order valence-electron chi connectivity index (χ3n) is 6.68. The number of fused-ring (bicyclic) bond motifs is 1. The van der Waals surface area contributed by atoms with Crippen molar-refractivity contribution in [3.8, 4) is 11.5 Å². The number of carbonyl (C=O) groups is 1. The Labute approximate surface area is 214 Å². The Morgan fingerprint density at radius 2 is 1.73 bits per heavy atom. The zero-order chi connectivity index (χ0) is 26.6. The van der Waals surface area contributed by atoms with E-state index in [4.69, 9.17) is 15.2 Å². The zero-order valence-corrected chi connectivity index (χ0v) is 21.1. The van der Waals surface area contributed by atoms with Crippen LogP contribution in [0.3, 0.4) is 0 Å². The summed E-state index contributed by atoms with van der Waals surface area (Å²) in [5, 5.41) is 0.965. The number of nitrogens with zero attached hydrogens (tertiary/aromatic N) is 3. The summed E-state index contributed by atoms with van der Waals surface area (Å²) >= 11 is 0. The van der Waals surface area contributed by atoms with Crippen LogP contribution in [0.25, 0.3) is 10.9 Å². The van der Waals surface area contributed by atoms with Crippen LogP contribution in [0.5, 0.6) is 11.5 Å². The lowest BCUT2D eigenvalue weighted by molar-refractivity contribution is -0.153. The van der Waals surface area contributed by atoms with Gasteiger partial charge in [0.05, 0.1) is 11.2 Å². The van der Waals surface area contributed by atoms with Gasteiger partial charge in [0.2, 0.25) is 5.91 Å². The molecule has 1 aliphatic rings. The highest BCUT2D eigenvalue weighted by Crippen LogP contribution is 2.29. The number of hydrogen-bond donors (Lipinski definition) is 1. The van der Waals surface area contributed by atoms with Crippen molar-refractivity contribution in [2.75, 3.05) is 51.7 Å². The van der Waals surface area contributed by atoms with E-state index >= 15 is 0 Å². The highest BCUT2D eigenvalue weighted by Gasteiger charge is 2.29. The van der Waals surface area contributed by atoms with E-state index in [2.05, 4.69) is 22.8 Å². The fourth-order valence-corrected chi connectivity index (χ4v) is 4.79. The molecule has 2 heterocycles. The number of anilines is 1. The van der Waals surface area contributed by atoms with Gasteiger partial charge in [-0.3, -0.25) is 19.2 Å². The number of nitrogen functional groups attached to an aromatic ring is 1. The Bertz CT molecular complexity index is 1220. The molecule has 0 saturated carbocycles. The van der Waals surface area contributed by atoms with Crippen molar-refractivity contribution in [2.24, 2.45) is 0 Å². The van der Waals surface area contributed by atoms with Crippen LogP contribution >= 0.6 is 0 Å². The summed E-state index contributed by atoms with van der Waals surface area (Å²) in [6.07, 6.45) is -1.79. The van der Waals surface area contributed by atoms with Crippen molar-refractivity contribution < 1.29 is 27.4 Å².